The molecule has 0 amide bonds. The number of esters is 1. The summed E-state index contributed by atoms with van der Waals surface area (Å²) in [5, 5.41) is 8.70. The molecule has 0 unspecified atom stereocenters. The van der Waals surface area contributed by atoms with Crippen LogP contribution >= 0.6 is 0 Å². The predicted octanol–water partition coefficient (Wildman–Crippen LogP) is 1.69. The van der Waals surface area contributed by atoms with Gasteiger partial charge >= 0.3 is 12.1 Å². The Bertz CT molecular complexity index is 477. The number of alkyl halides is 3. The molecule has 1 rings (SSSR count). The maximum Gasteiger partial charge on any atom is 0.433 e. The highest BCUT2D eigenvalue weighted by molar-refractivity contribution is 5.73. The molecule has 0 spiro atoms. The molecule has 0 N–H and O–H groups in total. The highest BCUT2D eigenvalue weighted by atomic mass is 19.4. The van der Waals surface area contributed by atoms with Crippen LogP contribution in [0.5, 0.6) is 0 Å². The summed E-state index contributed by atoms with van der Waals surface area (Å²) in [5.41, 5.74) is -1.94. The van der Waals surface area contributed by atoms with Crippen LogP contribution in [0.3, 0.4) is 0 Å². The summed E-state index contributed by atoms with van der Waals surface area (Å²) in [6.07, 6.45) is -4.47. The maximum absolute atomic E-state index is 12.6. The number of halogens is 3. The third-order valence-electron chi connectivity index (χ3n) is 1.99. The van der Waals surface area contributed by atoms with Crippen LogP contribution in [0, 0.1) is 11.3 Å². The lowest BCUT2D eigenvalue weighted by Gasteiger charge is -2.11. The molecule has 1 aromatic heterocycles. The molecule has 4 nitrogen and oxygen atoms in total. The van der Waals surface area contributed by atoms with E-state index in [4.69, 9.17) is 5.26 Å². The fourth-order valence-corrected chi connectivity index (χ4v) is 1.24. The number of rotatable bonds is 2. The van der Waals surface area contributed by atoms with Crippen LogP contribution in [-0.2, 0) is 22.1 Å². The second-order valence-electron chi connectivity index (χ2n) is 3.05. The zero-order valence-corrected chi connectivity index (χ0v) is 8.71. The molecule has 1 heterocycles. The van der Waals surface area contributed by atoms with Gasteiger partial charge in [0.05, 0.1) is 25.2 Å². The molecule has 0 atom stereocenters. The minimum Gasteiger partial charge on any atom is -0.469 e. The first kappa shape index (κ1) is 13.0. The number of hydrogen-bond acceptors (Lipinski definition) is 4. The van der Waals surface area contributed by atoms with Gasteiger partial charge in [-0.3, -0.25) is 9.78 Å². The largest absolute Gasteiger partial charge is 0.469 e. The molecule has 0 bridgehead atoms. The van der Waals surface area contributed by atoms with Gasteiger partial charge in [-0.05, 0) is 6.07 Å². The molecule has 0 radical (unpaired) electrons. The number of nitrogens with zero attached hydrogens (tertiary/aromatic N) is 2. The molecular formula is C10H7F3N2O2. The van der Waals surface area contributed by atoms with E-state index in [1.807, 2.05) is 0 Å². The number of carbonyl (C=O) groups is 1. The fourth-order valence-electron chi connectivity index (χ4n) is 1.24. The summed E-state index contributed by atoms with van der Waals surface area (Å²) in [7, 11) is 1.05. The standard InChI is InChI=1S/C10H7F3N2O2/c1-17-8(16)4-7-6(5-14)2-3-15-9(7)10(11,12)13/h2-3H,4H2,1H3. The Labute approximate surface area is 94.6 Å². The molecular weight excluding hydrogens is 237 g/mol. The number of nitriles is 1. The number of hydrogen-bond donors (Lipinski definition) is 0. The highest BCUT2D eigenvalue weighted by Gasteiger charge is 2.36. The van der Waals surface area contributed by atoms with E-state index >= 15 is 0 Å². The van der Waals surface area contributed by atoms with E-state index < -0.39 is 29.8 Å². The minimum absolute atomic E-state index is 0.238. The molecule has 90 valence electrons. The topological polar surface area (TPSA) is 63.0 Å². The number of ether oxygens (including phenoxy) is 1. The average molecular weight is 244 g/mol. The third-order valence-corrected chi connectivity index (χ3v) is 1.99. The van der Waals surface area contributed by atoms with Crippen LogP contribution in [0.2, 0.25) is 0 Å². The Morgan fingerprint density at radius 2 is 2.24 bits per heavy atom. The summed E-state index contributed by atoms with van der Waals surface area (Å²) < 4.78 is 42.1. The van der Waals surface area contributed by atoms with E-state index in [2.05, 4.69) is 9.72 Å². The van der Waals surface area contributed by atoms with Crippen LogP contribution < -0.4 is 0 Å². The van der Waals surface area contributed by atoms with Gasteiger partial charge in [-0.2, -0.15) is 18.4 Å². The van der Waals surface area contributed by atoms with Crippen molar-refractivity contribution in [3.63, 3.8) is 0 Å². The number of aromatic nitrogens is 1. The van der Waals surface area contributed by atoms with E-state index in [1.54, 1.807) is 6.07 Å². The summed E-state index contributed by atoms with van der Waals surface area (Å²) in [6, 6.07) is 2.71. The Kier molecular flexibility index (Phi) is 3.68. The molecule has 1 aromatic rings. The zero-order chi connectivity index (χ0) is 13.1. The number of pyridine rings is 1. The molecule has 0 saturated heterocycles. The van der Waals surface area contributed by atoms with Crippen molar-refractivity contribution in [3.8, 4) is 6.07 Å². The Balaban J connectivity index is 3.32. The normalized spacial score (nSPS) is 10.8. The number of carbonyl (C=O) groups excluding carboxylic acids is 1. The van der Waals surface area contributed by atoms with E-state index in [1.165, 1.54) is 0 Å². The molecule has 0 aliphatic rings. The van der Waals surface area contributed by atoms with Crippen molar-refractivity contribution in [1.82, 2.24) is 4.98 Å². The van der Waals surface area contributed by atoms with E-state index in [0.717, 1.165) is 19.4 Å². The molecule has 0 aliphatic carbocycles. The highest BCUT2D eigenvalue weighted by Crippen LogP contribution is 2.31. The summed E-state index contributed by atoms with van der Waals surface area (Å²) in [4.78, 5) is 14.2. The fraction of sp³-hybridized carbons (Fsp3) is 0.300. The van der Waals surface area contributed by atoms with Gasteiger partial charge in [-0.1, -0.05) is 0 Å². The summed E-state index contributed by atoms with van der Waals surface area (Å²) in [6.45, 7) is 0. The van der Waals surface area contributed by atoms with Gasteiger partial charge < -0.3 is 4.74 Å². The monoisotopic (exact) mass is 244 g/mol. The first-order valence-corrected chi connectivity index (χ1v) is 4.42. The molecule has 0 aromatic carbocycles. The van der Waals surface area contributed by atoms with E-state index in [9.17, 15) is 18.0 Å². The SMILES string of the molecule is COC(=O)Cc1c(C#N)ccnc1C(F)(F)F. The van der Waals surface area contributed by atoms with Crippen molar-refractivity contribution >= 4 is 5.97 Å². The second kappa shape index (κ2) is 4.82. The van der Waals surface area contributed by atoms with Crippen LogP contribution in [0.15, 0.2) is 12.3 Å². The van der Waals surface area contributed by atoms with Gasteiger partial charge in [0.15, 0.2) is 0 Å². The minimum atomic E-state index is -4.71. The second-order valence-corrected chi connectivity index (χ2v) is 3.05. The number of methoxy groups -OCH3 is 1. The van der Waals surface area contributed by atoms with Crippen LogP contribution in [0.25, 0.3) is 0 Å². The van der Waals surface area contributed by atoms with Crippen molar-refractivity contribution < 1.29 is 22.7 Å². The van der Waals surface area contributed by atoms with Crippen LogP contribution in [0.1, 0.15) is 16.8 Å². The molecule has 17 heavy (non-hydrogen) atoms. The lowest BCUT2D eigenvalue weighted by molar-refractivity contribution is -0.143. The Hall–Kier alpha value is -2.10. The van der Waals surface area contributed by atoms with Crippen molar-refractivity contribution in [2.45, 2.75) is 12.6 Å². The predicted molar refractivity (Wildman–Crippen MR) is 49.7 cm³/mol. The molecule has 7 heteroatoms. The van der Waals surface area contributed by atoms with Crippen molar-refractivity contribution in [2.24, 2.45) is 0 Å². The average Bonchev–Trinajstić information content (AvgIpc) is 2.27. The lowest BCUT2D eigenvalue weighted by atomic mass is 10.0. The molecule has 0 aliphatic heterocycles. The van der Waals surface area contributed by atoms with Crippen molar-refractivity contribution in [3.05, 3.63) is 29.1 Å². The van der Waals surface area contributed by atoms with E-state index in [0.29, 0.717) is 0 Å². The lowest BCUT2D eigenvalue weighted by Crippen LogP contribution is -2.16. The quantitative estimate of drug-likeness (QED) is 0.742. The van der Waals surface area contributed by atoms with Crippen LogP contribution in [0.4, 0.5) is 13.2 Å². The maximum atomic E-state index is 12.6. The van der Waals surface area contributed by atoms with Crippen LogP contribution in [-0.4, -0.2) is 18.1 Å². The van der Waals surface area contributed by atoms with Gasteiger partial charge in [0, 0.05) is 11.8 Å². The van der Waals surface area contributed by atoms with Gasteiger partial charge in [0.25, 0.3) is 0 Å². The summed E-state index contributed by atoms with van der Waals surface area (Å²) in [5.74, 6) is -0.861. The molecule has 0 fully saturated rings. The molecule has 0 saturated carbocycles. The first-order chi connectivity index (χ1) is 7.90. The van der Waals surface area contributed by atoms with E-state index in [-0.39, 0.29) is 5.56 Å². The van der Waals surface area contributed by atoms with Gasteiger partial charge in [-0.25, -0.2) is 0 Å². The first-order valence-electron chi connectivity index (χ1n) is 4.42. The smallest absolute Gasteiger partial charge is 0.433 e. The zero-order valence-electron chi connectivity index (χ0n) is 8.71. The Morgan fingerprint density at radius 1 is 1.59 bits per heavy atom. The Morgan fingerprint density at radius 3 is 2.71 bits per heavy atom. The van der Waals surface area contributed by atoms with Gasteiger partial charge in [-0.15, -0.1) is 0 Å². The van der Waals surface area contributed by atoms with Crippen molar-refractivity contribution in [1.29, 1.82) is 5.26 Å². The third kappa shape index (κ3) is 2.93. The summed E-state index contributed by atoms with van der Waals surface area (Å²) >= 11 is 0. The van der Waals surface area contributed by atoms with Gasteiger partial charge in [0.1, 0.15) is 5.69 Å². The van der Waals surface area contributed by atoms with Gasteiger partial charge in [0.2, 0.25) is 0 Å². The van der Waals surface area contributed by atoms with Crippen molar-refractivity contribution in [2.75, 3.05) is 7.11 Å².